The highest BCUT2D eigenvalue weighted by atomic mass is 35.5. The average molecular weight is 270 g/mol. The van der Waals surface area contributed by atoms with Gasteiger partial charge in [0.1, 0.15) is 11.6 Å². The van der Waals surface area contributed by atoms with Crippen molar-refractivity contribution in [2.24, 2.45) is 0 Å². The Bertz CT molecular complexity index is 605. The van der Waals surface area contributed by atoms with Gasteiger partial charge < -0.3 is 4.74 Å². The van der Waals surface area contributed by atoms with Crippen LogP contribution in [0.1, 0.15) is 10.4 Å². The highest BCUT2D eigenvalue weighted by molar-refractivity contribution is 6.30. The highest BCUT2D eigenvalue weighted by Crippen LogP contribution is 2.29. The van der Waals surface area contributed by atoms with Crippen molar-refractivity contribution in [3.05, 3.63) is 52.8 Å². The third-order valence-corrected chi connectivity index (χ3v) is 2.27. The Kier molecular flexibility index (Phi) is 3.53. The van der Waals surface area contributed by atoms with Gasteiger partial charge in [-0.05, 0) is 6.07 Å². The summed E-state index contributed by atoms with van der Waals surface area (Å²) in [5, 5.41) is 0.294. The van der Waals surface area contributed by atoms with Crippen molar-refractivity contribution in [1.82, 2.24) is 4.98 Å². The molecule has 3 nitrogen and oxygen atoms in total. The van der Waals surface area contributed by atoms with Gasteiger partial charge in [0.15, 0.2) is 17.9 Å². The monoisotopic (exact) mass is 269 g/mol. The van der Waals surface area contributed by atoms with Crippen LogP contribution in [0.4, 0.5) is 8.78 Å². The molecule has 1 aromatic heterocycles. The molecule has 0 unspecified atom stereocenters. The Balaban J connectivity index is 2.42. The molecule has 0 radical (unpaired) electrons. The number of benzene rings is 1. The minimum Gasteiger partial charge on any atom is -0.452 e. The predicted molar refractivity (Wildman–Crippen MR) is 61.1 cm³/mol. The van der Waals surface area contributed by atoms with E-state index in [0.29, 0.717) is 17.4 Å². The molecule has 0 saturated heterocycles. The molecule has 6 heteroatoms. The molecule has 2 aromatic rings. The van der Waals surface area contributed by atoms with E-state index in [-0.39, 0.29) is 17.1 Å². The first-order valence-electron chi connectivity index (χ1n) is 4.83. The first kappa shape index (κ1) is 12.4. The molecule has 0 amide bonds. The molecule has 0 saturated carbocycles. The molecular weight excluding hydrogens is 264 g/mol. The predicted octanol–water partition coefficient (Wildman–Crippen LogP) is 3.62. The zero-order valence-electron chi connectivity index (χ0n) is 8.86. The van der Waals surface area contributed by atoms with Crippen LogP contribution in [-0.2, 0) is 0 Å². The average Bonchev–Trinajstić information content (AvgIpc) is 2.32. The van der Waals surface area contributed by atoms with Gasteiger partial charge in [0.2, 0.25) is 0 Å². The minimum atomic E-state index is -0.975. The summed E-state index contributed by atoms with van der Waals surface area (Å²) in [7, 11) is 0. The fourth-order valence-corrected chi connectivity index (χ4v) is 1.51. The maximum atomic E-state index is 13.5. The van der Waals surface area contributed by atoms with E-state index >= 15 is 0 Å². The molecule has 0 bridgehead atoms. The van der Waals surface area contributed by atoms with Crippen molar-refractivity contribution in [1.29, 1.82) is 0 Å². The summed E-state index contributed by atoms with van der Waals surface area (Å²) >= 11 is 5.68. The zero-order chi connectivity index (χ0) is 13.1. The van der Waals surface area contributed by atoms with Crippen LogP contribution in [0.15, 0.2) is 30.6 Å². The molecule has 0 aliphatic rings. The SMILES string of the molecule is O=Cc1cc(F)cc(F)c1Oc1cncc(Cl)c1. The summed E-state index contributed by atoms with van der Waals surface area (Å²) in [6.45, 7) is 0. The maximum absolute atomic E-state index is 13.5. The summed E-state index contributed by atoms with van der Waals surface area (Å²) < 4.78 is 31.6. The summed E-state index contributed by atoms with van der Waals surface area (Å²) in [5.41, 5.74) is -0.229. The molecule has 0 aliphatic carbocycles. The van der Waals surface area contributed by atoms with E-state index < -0.39 is 11.6 Å². The number of aromatic nitrogens is 1. The lowest BCUT2D eigenvalue weighted by Gasteiger charge is -2.09. The largest absolute Gasteiger partial charge is 0.452 e. The van der Waals surface area contributed by atoms with Gasteiger partial charge in [-0.3, -0.25) is 9.78 Å². The standard InChI is InChI=1S/C12H6ClF2NO2/c13-8-2-10(5-16-4-8)18-12-7(6-17)1-9(14)3-11(12)15/h1-6H. The van der Waals surface area contributed by atoms with E-state index in [1.54, 1.807) is 0 Å². The molecular formula is C12H6ClF2NO2. The third-order valence-electron chi connectivity index (χ3n) is 2.06. The van der Waals surface area contributed by atoms with E-state index in [1.807, 2.05) is 0 Å². The van der Waals surface area contributed by atoms with Gasteiger partial charge in [-0.25, -0.2) is 8.78 Å². The first-order chi connectivity index (χ1) is 8.60. The smallest absolute Gasteiger partial charge is 0.173 e. The number of carbonyl (C=O) groups excluding carboxylic acids is 1. The van der Waals surface area contributed by atoms with Crippen LogP contribution in [0.5, 0.6) is 11.5 Å². The minimum absolute atomic E-state index is 0.149. The molecule has 0 fully saturated rings. The number of hydrogen-bond acceptors (Lipinski definition) is 3. The normalized spacial score (nSPS) is 10.2. The number of pyridine rings is 1. The highest BCUT2D eigenvalue weighted by Gasteiger charge is 2.13. The van der Waals surface area contributed by atoms with Gasteiger partial charge in [-0.1, -0.05) is 11.6 Å². The van der Waals surface area contributed by atoms with Crippen LogP contribution in [0.2, 0.25) is 5.02 Å². The molecule has 2 rings (SSSR count). The van der Waals surface area contributed by atoms with Crippen LogP contribution in [-0.4, -0.2) is 11.3 Å². The van der Waals surface area contributed by atoms with Gasteiger partial charge in [-0.2, -0.15) is 0 Å². The van der Waals surface area contributed by atoms with E-state index in [1.165, 1.54) is 18.5 Å². The van der Waals surface area contributed by atoms with Gasteiger partial charge in [0.25, 0.3) is 0 Å². The number of carbonyl (C=O) groups is 1. The molecule has 0 atom stereocenters. The van der Waals surface area contributed by atoms with Crippen LogP contribution < -0.4 is 4.74 Å². The topological polar surface area (TPSA) is 39.2 Å². The van der Waals surface area contributed by atoms with Crippen molar-refractivity contribution in [3.8, 4) is 11.5 Å². The summed E-state index contributed by atoms with van der Waals surface area (Å²) in [5.74, 6) is -2.05. The molecule has 1 heterocycles. The number of nitrogens with zero attached hydrogens (tertiary/aromatic N) is 1. The lowest BCUT2D eigenvalue weighted by Crippen LogP contribution is -1.96. The lowest BCUT2D eigenvalue weighted by atomic mass is 10.2. The van der Waals surface area contributed by atoms with Gasteiger partial charge in [0.05, 0.1) is 16.8 Å². The van der Waals surface area contributed by atoms with Gasteiger partial charge in [0, 0.05) is 18.3 Å². The Morgan fingerprint density at radius 3 is 2.67 bits per heavy atom. The van der Waals surface area contributed by atoms with E-state index in [9.17, 15) is 13.6 Å². The number of halogens is 3. The third kappa shape index (κ3) is 2.62. The Morgan fingerprint density at radius 1 is 1.22 bits per heavy atom. The molecule has 18 heavy (non-hydrogen) atoms. The molecule has 0 N–H and O–H groups in total. The summed E-state index contributed by atoms with van der Waals surface area (Å²) in [4.78, 5) is 14.5. The number of aldehydes is 1. The van der Waals surface area contributed by atoms with Crippen LogP contribution in [0.3, 0.4) is 0 Å². The first-order valence-corrected chi connectivity index (χ1v) is 5.20. The maximum Gasteiger partial charge on any atom is 0.173 e. The number of rotatable bonds is 3. The Labute approximate surface area is 106 Å². The van der Waals surface area contributed by atoms with Crippen molar-refractivity contribution in [2.75, 3.05) is 0 Å². The summed E-state index contributed by atoms with van der Waals surface area (Å²) in [6.07, 6.45) is 2.97. The van der Waals surface area contributed by atoms with Crippen molar-refractivity contribution < 1.29 is 18.3 Å². The van der Waals surface area contributed by atoms with E-state index in [4.69, 9.17) is 16.3 Å². The fraction of sp³-hybridized carbons (Fsp3) is 0. The summed E-state index contributed by atoms with van der Waals surface area (Å²) in [6, 6.07) is 2.90. The van der Waals surface area contributed by atoms with Crippen LogP contribution in [0.25, 0.3) is 0 Å². The zero-order valence-corrected chi connectivity index (χ0v) is 9.62. The quantitative estimate of drug-likeness (QED) is 0.799. The van der Waals surface area contributed by atoms with Crippen LogP contribution in [0, 0.1) is 11.6 Å². The van der Waals surface area contributed by atoms with Crippen molar-refractivity contribution >= 4 is 17.9 Å². The number of ether oxygens (including phenoxy) is 1. The van der Waals surface area contributed by atoms with E-state index in [0.717, 1.165) is 6.07 Å². The fourth-order valence-electron chi connectivity index (χ4n) is 1.34. The molecule has 0 spiro atoms. The lowest BCUT2D eigenvalue weighted by molar-refractivity contribution is 0.112. The van der Waals surface area contributed by atoms with Crippen molar-refractivity contribution in [2.45, 2.75) is 0 Å². The van der Waals surface area contributed by atoms with Crippen LogP contribution >= 0.6 is 11.6 Å². The van der Waals surface area contributed by atoms with Gasteiger partial charge >= 0.3 is 0 Å². The Hall–Kier alpha value is -2.01. The second kappa shape index (κ2) is 5.10. The molecule has 1 aromatic carbocycles. The molecule has 0 aliphatic heterocycles. The van der Waals surface area contributed by atoms with E-state index in [2.05, 4.69) is 4.98 Å². The second-order valence-electron chi connectivity index (χ2n) is 3.36. The second-order valence-corrected chi connectivity index (χ2v) is 3.80. The van der Waals surface area contributed by atoms with Gasteiger partial charge in [-0.15, -0.1) is 0 Å². The molecule has 92 valence electrons. The number of hydrogen-bond donors (Lipinski definition) is 0. The van der Waals surface area contributed by atoms with Crippen molar-refractivity contribution in [3.63, 3.8) is 0 Å². The Morgan fingerprint density at radius 2 is 2.00 bits per heavy atom.